The summed E-state index contributed by atoms with van der Waals surface area (Å²) >= 11 is 0. The van der Waals surface area contributed by atoms with Crippen LogP contribution in [0.2, 0.25) is 0 Å². The van der Waals surface area contributed by atoms with Crippen molar-refractivity contribution in [1.82, 2.24) is 24.8 Å². The van der Waals surface area contributed by atoms with Crippen molar-refractivity contribution in [2.45, 2.75) is 51.2 Å². The first kappa shape index (κ1) is 20.1. The van der Waals surface area contributed by atoms with Crippen LogP contribution in [0.1, 0.15) is 48.3 Å². The number of imidazole rings is 1. The Bertz CT molecular complexity index is 1020. The Hall–Kier alpha value is -3.22. The minimum atomic E-state index is -0.215. The monoisotopic (exact) mass is 405 g/mol. The molecule has 2 amide bonds. The molecule has 2 heterocycles. The molecule has 0 unspecified atom stereocenters. The zero-order chi connectivity index (χ0) is 20.9. The van der Waals surface area contributed by atoms with Gasteiger partial charge in [-0.25, -0.2) is 4.98 Å². The minimum absolute atomic E-state index is 0.0740. The SMILES string of the molecule is CN(C(=O)Cn1c(CNC(=O)c2cccnc2)nc2ccccc21)C1CCCCC1. The molecule has 0 atom stereocenters. The molecule has 4 rings (SSSR count). The van der Waals surface area contributed by atoms with Crippen LogP contribution in [-0.4, -0.2) is 44.3 Å². The molecule has 0 radical (unpaired) electrons. The van der Waals surface area contributed by atoms with E-state index >= 15 is 0 Å². The van der Waals surface area contributed by atoms with E-state index in [0.717, 1.165) is 23.9 Å². The highest BCUT2D eigenvalue weighted by Gasteiger charge is 2.23. The maximum absolute atomic E-state index is 13.0. The lowest BCUT2D eigenvalue weighted by molar-refractivity contribution is -0.133. The van der Waals surface area contributed by atoms with Gasteiger partial charge in [0.05, 0.1) is 23.1 Å². The molecular formula is C23H27N5O2. The van der Waals surface area contributed by atoms with Gasteiger partial charge in [0, 0.05) is 25.5 Å². The van der Waals surface area contributed by atoms with E-state index in [2.05, 4.69) is 15.3 Å². The number of nitrogens with one attached hydrogen (secondary N) is 1. The summed E-state index contributed by atoms with van der Waals surface area (Å²) in [7, 11) is 1.90. The van der Waals surface area contributed by atoms with Crippen molar-refractivity contribution in [3.8, 4) is 0 Å². The van der Waals surface area contributed by atoms with Gasteiger partial charge in [0.1, 0.15) is 12.4 Å². The van der Waals surface area contributed by atoms with Gasteiger partial charge >= 0.3 is 0 Å². The summed E-state index contributed by atoms with van der Waals surface area (Å²) in [5.41, 5.74) is 2.21. The number of hydrogen-bond acceptors (Lipinski definition) is 4. The Morgan fingerprint density at radius 2 is 1.93 bits per heavy atom. The Morgan fingerprint density at radius 3 is 2.70 bits per heavy atom. The van der Waals surface area contributed by atoms with E-state index in [-0.39, 0.29) is 24.9 Å². The van der Waals surface area contributed by atoms with Crippen LogP contribution in [-0.2, 0) is 17.9 Å². The molecule has 7 heteroatoms. The predicted octanol–water partition coefficient (Wildman–Crippen LogP) is 3.15. The second-order valence-corrected chi connectivity index (χ2v) is 7.82. The van der Waals surface area contributed by atoms with E-state index in [1.54, 1.807) is 18.3 Å². The molecule has 0 bridgehead atoms. The Morgan fingerprint density at radius 1 is 1.13 bits per heavy atom. The van der Waals surface area contributed by atoms with Gasteiger partial charge in [0.15, 0.2) is 0 Å². The standard InChI is InChI=1S/C23H27N5O2/c1-27(18-9-3-2-4-10-18)22(29)16-28-20-12-6-5-11-19(20)26-21(28)15-25-23(30)17-8-7-13-24-14-17/h5-8,11-14,18H,2-4,9-10,15-16H2,1H3,(H,25,30). The van der Waals surface area contributed by atoms with Gasteiger partial charge in [-0.2, -0.15) is 0 Å². The molecular weight excluding hydrogens is 378 g/mol. The highest BCUT2D eigenvalue weighted by molar-refractivity contribution is 5.93. The third-order valence-corrected chi connectivity index (χ3v) is 5.87. The van der Waals surface area contributed by atoms with Crippen LogP contribution < -0.4 is 5.32 Å². The van der Waals surface area contributed by atoms with Crippen LogP contribution in [0, 0.1) is 0 Å². The fourth-order valence-electron chi connectivity index (χ4n) is 4.11. The molecule has 1 aliphatic rings. The minimum Gasteiger partial charge on any atom is -0.345 e. The summed E-state index contributed by atoms with van der Waals surface area (Å²) in [6.07, 6.45) is 8.92. The van der Waals surface area contributed by atoms with Crippen molar-refractivity contribution >= 4 is 22.8 Å². The largest absolute Gasteiger partial charge is 0.345 e. The lowest BCUT2D eigenvalue weighted by Gasteiger charge is -2.31. The number of fused-ring (bicyclic) bond motifs is 1. The normalized spacial score (nSPS) is 14.6. The summed E-state index contributed by atoms with van der Waals surface area (Å²) in [5.74, 6) is 0.524. The van der Waals surface area contributed by atoms with Gasteiger partial charge in [0.25, 0.3) is 5.91 Å². The number of amides is 2. The molecule has 0 saturated heterocycles. The lowest BCUT2D eigenvalue weighted by atomic mass is 9.94. The lowest BCUT2D eigenvalue weighted by Crippen LogP contribution is -2.40. The first-order valence-corrected chi connectivity index (χ1v) is 10.5. The molecule has 3 aromatic rings. The number of benzene rings is 1. The van der Waals surface area contributed by atoms with Crippen LogP contribution >= 0.6 is 0 Å². The van der Waals surface area contributed by atoms with Crippen molar-refractivity contribution in [3.05, 3.63) is 60.2 Å². The van der Waals surface area contributed by atoms with Gasteiger partial charge in [-0.1, -0.05) is 31.4 Å². The molecule has 1 N–H and O–H groups in total. The average molecular weight is 406 g/mol. The van der Waals surface area contributed by atoms with Crippen molar-refractivity contribution in [2.24, 2.45) is 0 Å². The summed E-state index contributed by atoms with van der Waals surface area (Å²) in [6, 6.07) is 11.5. The van der Waals surface area contributed by atoms with Gasteiger partial charge in [0.2, 0.25) is 5.91 Å². The van der Waals surface area contributed by atoms with E-state index in [1.807, 2.05) is 40.8 Å². The van der Waals surface area contributed by atoms with E-state index in [4.69, 9.17) is 0 Å². The highest BCUT2D eigenvalue weighted by atomic mass is 16.2. The van der Waals surface area contributed by atoms with Gasteiger partial charge in [-0.15, -0.1) is 0 Å². The number of carbonyl (C=O) groups excluding carboxylic acids is 2. The van der Waals surface area contributed by atoms with E-state index in [9.17, 15) is 9.59 Å². The van der Waals surface area contributed by atoms with Crippen LogP contribution in [0.25, 0.3) is 11.0 Å². The van der Waals surface area contributed by atoms with E-state index < -0.39 is 0 Å². The molecule has 156 valence electrons. The van der Waals surface area contributed by atoms with Crippen LogP contribution in [0.5, 0.6) is 0 Å². The van der Waals surface area contributed by atoms with E-state index in [1.165, 1.54) is 25.5 Å². The molecule has 0 spiro atoms. The zero-order valence-electron chi connectivity index (χ0n) is 17.3. The fraction of sp³-hybridized carbons (Fsp3) is 0.391. The average Bonchev–Trinajstić information content (AvgIpc) is 3.15. The Kier molecular flexibility index (Phi) is 6.07. The van der Waals surface area contributed by atoms with Crippen molar-refractivity contribution in [2.75, 3.05) is 7.05 Å². The first-order valence-electron chi connectivity index (χ1n) is 10.5. The number of rotatable bonds is 6. The maximum Gasteiger partial charge on any atom is 0.253 e. The maximum atomic E-state index is 13.0. The van der Waals surface area contributed by atoms with Crippen LogP contribution in [0.3, 0.4) is 0 Å². The molecule has 1 aromatic carbocycles. The summed E-state index contributed by atoms with van der Waals surface area (Å²) in [5, 5.41) is 2.90. The number of hydrogen-bond donors (Lipinski definition) is 1. The molecule has 2 aromatic heterocycles. The fourth-order valence-corrected chi connectivity index (χ4v) is 4.11. The number of nitrogens with zero attached hydrogens (tertiary/aromatic N) is 4. The second kappa shape index (κ2) is 9.07. The predicted molar refractivity (Wildman–Crippen MR) is 115 cm³/mol. The molecule has 7 nitrogen and oxygen atoms in total. The Labute approximate surface area is 176 Å². The molecule has 0 aliphatic heterocycles. The second-order valence-electron chi connectivity index (χ2n) is 7.82. The summed E-state index contributed by atoms with van der Waals surface area (Å²) < 4.78 is 1.92. The molecule has 1 saturated carbocycles. The number of carbonyl (C=O) groups is 2. The van der Waals surface area contributed by atoms with Crippen molar-refractivity contribution in [3.63, 3.8) is 0 Å². The number of aromatic nitrogens is 3. The highest BCUT2D eigenvalue weighted by Crippen LogP contribution is 2.23. The quantitative estimate of drug-likeness (QED) is 0.683. The van der Waals surface area contributed by atoms with Crippen LogP contribution in [0.4, 0.5) is 0 Å². The summed E-state index contributed by atoms with van der Waals surface area (Å²) in [4.78, 5) is 36.0. The van der Waals surface area contributed by atoms with Crippen molar-refractivity contribution in [1.29, 1.82) is 0 Å². The third kappa shape index (κ3) is 4.35. The molecule has 1 aliphatic carbocycles. The smallest absolute Gasteiger partial charge is 0.253 e. The summed E-state index contributed by atoms with van der Waals surface area (Å²) in [6.45, 7) is 0.453. The number of pyridine rings is 1. The van der Waals surface area contributed by atoms with Gasteiger partial charge in [-0.05, 0) is 37.1 Å². The molecule has 30 heavy (non-hydrogen) atoms. The first-order chi connectivity index (χ1) is 14.6. The Balaban J connectivity index is 1.52. The van der Waals surface area contributed by atoms with Gasteiger partial charge < -0.3 is 14.8 Å². The number of likely N-dealkylation sites (N-methyl/N-ethyl adjacent to an activating group) is 1. The third-order valence-electron chi connectivity index (χ3n) is 5.87. The zero-order valence-corrected chi connectivity index (χ0v) is 17.3. The van der Waals surface area contributed by atoms with Crippen LogP contribution in [0.15, 0.2) is 48.8 Å². The van der Waals surface area contributed by atoms with E-state index in [0.29, 0.717) is 17.4 Å². The number of para-hydroxylation sites is 2. The van der Waals surface area contributed by atoms with Crippen molar-refractivity contribution < 1.29 is 9.59 Å². The van der Waals surface area contributed by atoms with Gasteiger partial charge in [-0.3, -0.25) is 14.6 Å². The molecule has 1 fully saturated rings. The topological polar surface area (TPSA) is 80.1 Å².